The van der Waals surface area contributed by atoms with Crippen LogP contribution < -0.4 is 0 Å². The number of rotatable bonds is 7. The minimum atomic E-state index is -0.00819. The van der Waals surface area contributed by atoms with Crippen LogP contribution in [-0.4, -0.2) is 76.8 Å². The van der Waals surface area contributed by atoms with E-state index in [2.05, 4.69) is 16.8 Å². The molecule has 2 rings (SSSR count). The first-order valence-corrected chi connectivity index (χ1v) is 8.66. The monoisotopic (exact) mass is 335 g/mol. The molecular formula is C18H29N3O3. The molecule has 6 heteroatoms. The Kier molecular flexibility index (Phi) is 6.71. The first-order valence-electron chi connectivity index (χ1n) is 8.66. The zero-order valence-corrected chi connectivity index (χ0v) is 14.9. The predicted octanol–water partition coefficient (Wildman–Crippen LogP) is 0.693. The number of aliphatic hydroxyl groups is 2. The molecule has 0 saturated carbocycles. The van der Waals surface area contributed by atoms with Gasteiger partial charge in [0.2, 0.25) is 0 Å². The Hall–Kier alpha value is -1.50. The van der Waals surface area contributed by atoms with Crippen LogP contribution in [0.4, 0.5) is 0 Å². The average Bonchev–Trinajstić information content (AvgIpc) is 2.96. The minimum absolute atomic E-state index is 0.00819. The largest absolute Gasteiger partial charge is 0.396 e. The summed E-state index contributed by atoms with van der Waals surface area (Å²) in [6.07, 6.45) is 1.65. The quantitative estimate of drug-likeness (QED) is 0.767. The van der Waals surface area contributed by atoms with Gasteiger partial charge in [0.1, 0.15) is 0 Å². The van der Waals surface area contributed by atoms with Gasteiger partial charge in [-0.05, 0) is 37.9 Å². The van der Waals surface area contributed by atoms with Gasteiger partial charge in [0, 0.05) is 50.6 Å². The molecule has 0 aliphatic carbocycles. The summed E-state index contributed by atoms with van der Waals surface area (Å²) >= 11 is 0. The molecule has 1 amide bonds. The van der Waals surface area contributed by atoms with Crippen molar-refractivity contribution in [3.63, 3.8) is 0 Å². The molecule has 1 aromatic heterocycles. The van der Waals surface area contributed by atoms with Crippen molar-refractivity contribution >= 4 is 5.91 Å². The molecular weight excluding hydrogens is 306 g/mol. The number of carbonyl (C=O) groups is 1. The fourth-order valence-electron chi connectivity index (χ4n) is 3.46. The number of amides is 1. The zero-order chi connectivity index (χ0) is 17.7. The Morgan fingerprint density at radius 1 is 1.33 bits per heavy atom. The van der Waals surface area contributed by atoms with E-state index in [1.54, 1.807) is 6.20 Å². The number of hydrogen-bond donors (Lipinski definition) is 2. The second-order valence-electron chi connectivity index (χ2n) is 6.67. The summed E-state index contributed by atoms with van der Waals surface area (Å²) in [5.41, 5.74) is 2.48. The molecule has 1 aliphatic heterocycles. The normalized spacial score (nSPS) is 20.8. The van der Waals surface area contributed by atoms with Gasteiger partial charge < -0.3 is 20.0 Å². The third kappa shape index (κ3) is 4.32. The van der Waals surface area contributed by atoms with Crippen LogP contribution in [0.1, 0.15) is 28.5 Å². The molecule has 2 N–H and O–H groups in total. The lowest BCUT2D eigenvalue weighted by Gasteiger charge is -2.25. The predicted molar refractivity (Wildman–Crippen MR) is 92.9 cm³/mol. The Morgan fingerprint density at radius 2 is 2.04 bits per heavy atom. The van der Waals surface area contributed by atoms with Crippen LogP contribution in [0.15, 0.2) is 12.3 Å². The number of nitrogens with zero attached hydrogens (tertiary/aromatic N) is 3. The van der Waals surface area contributed by atoms with Crippen LogP contribution in [0.3, 0.4) is 0 Å². The van der Waals surface area contributed by atoms with Gasteiger partial charge in [-0.15, -0.1) is 0 Å². The highest BCUT2D eigenvalue weighted by Crippen LogP contribution is 2.26. The number of hydrogen-bond acceptors (Lipinski definition) is 5. The number of aliphatic hydroxyl groups excluding tert-OH is 2. The fraction of sp³-hybridized carbons (Fsp3) is 0.667. The Balaban J connectivity index is 2.08. The van der Waals surface area contributed by atoms with E-state index in [0.29, 0.717) is 25.2 Å². The molecule has 2 atom stereocenters. The van der Waals surface area contributed by atoms with Crippen molar-refractivity contribution < 1.29 is 15.0 Å². The van der Waals surface area contributed by atoms with Gasteiger partial charge in [0.25, 0.3) is 5.91 Å². The van der Waals surface area contributed by atoms with Crippen LogP contribution in [-0.2, 0) is 0 Å². The fourth-order valence-corrected chi connectivity index (χ4v) is 3.46. The lowest BCUT2D eigenvalue weighted by atomic mass is 9.96. The van der Waals surface area contributed by atoms with E-state index in [0.717, 1.165) is 24.3 Å². The van der Waals surface area contributed by atoms with E-state index in [1.165, 1.54) is 0 Å². The van der Waals surface area contributed by atoms with E-state index in [1.807, 2.05) is 24.8 Å². The number of pyridine rings is 1. The second-order valence-corrected chi connectivity index (χ2v) is 6.67. The maximum absolute atomic E-state index is 12.8. The third-order valence-corrected chi connectivity index (χ3v) is 4.93. The number of aryl methyl sites for hydroxylation is 2. The van der Waals surface area contributed by atoms with Gasteiger partial charge in [-0.1, -0.05) is 6.92 Å². The highest BCUT2D eigenvalue weighted by Gasteiger charge is 2.36. The molecule has 134 valence electrons. The molecule has 1 aliphatic rings. The molecule has 1 fully saturated rings. The molecule has 0 aromatic carbocycles. The van der Waals surface area contributed by atoms with Crippen LogP contribution >= 0.6 is 0 Å². The van der Waals surface area contributed by atoms with Gasteiger partial charge in [0.05, 0.1) is 12.2 Å². The van der Waals surface area contributed by atoms with Gasteiger partial charge in [0.15, 0.2) is 0 Å². The maximum atomic E-state index is 12.8. The summed E-state index contributed by atoms with van der Waals surface area (Å²) in [6, 6.07) is 1.92. The molecule has 0 spiro atoms. The summed E-state index contributed by atoms with van der Waals surface area (Å²) in [5, 5.41) is 18.8. The average molecular weight is 335 g/mol. The van der Waals surface area contributed by atoms with Crippen LogP contribution in [0.25, 0.3) is 0 Å². The minimum Gasteiger partial charge on any atom is -0.396 e. The van der Waals surface area contributed by atoms with E-state index in [4.69, 9.17) is 5.11 Å². The van der Waals surface area contributed by atoms with Crippen molar-refractivity contribution in [1.29, 1.82) is 0 Å². The molecule has 0 radical (unpaired) electrons. The molecule has 1 saturated heterocycles. The summed E-state index contributed by atoms with van der Waals surface area (Å²) in [7, 11) is 0. The molecule has 0 unspecified atom stereocenters. The van der Waals surface area contributed by atoms with Crippen molar-refractivity contribution in [2.75, 3.05) is 45.9 Å². The first-order chi connectivity index (χ1) is 11.5. The highest BCUT2D eigenvalue weighted by molar-refractivity contribution is 5.95. The number of carbonyl (C=O) groups excluding carboxylic acids is 1. The number of aromatic nitrogens is 1. The van der Waals surface area contributed by atoms with Crippen molar-refractivity contribution in [2.45, 2.75) is 20.8 Å². The topological polar surface area (TPSA) is 76.9 Å². The summed E-state index contributed by atoms with van der Waals surface area (Å²) in [6.45, 7) is 9.58. The van der Waals surface area contributed by atoms with Crippen LogP contribution in [0, 0.1) is 25.7 Å². The van der Waals surface area contributed by atoms with Crippen molar-refractivity contribution in [1.82, 2.24) is 14.8 Å². The Labute approximate surface area is 144 Å². The summed E-state index contributed by atoms with van der Waals surface area (Å²) < 4.78 is 0. The lowest BCUT2D eigenvalue weighted by Crippen LogP contribution is -2.36. The smallest absolute Gasteiger partial charge is 0.255 e. The van der Waals surface area contributed by atoms with Crippen LogP contribution in [0.2, 0.25) is 0 Å². The van der Waals surface area contributed by atoms with E-state index in [9.17, 15) is 9.90 Å². The van der Waals surface area contributed by atoms with Crippen molar-refractivity contribution in [2.24, 2.45) is 11.8 Å². The molecule has 24 heavy (non-hydrogen) atoms. The number of likely N-dealkylation sites (tertiary alicyclic amines) is 1. The van der Waals surface area contributed by atoms with Gasteiger partial charge >= 0.3 is 0 Å². The van der Waals surface area contributed by atoms with E-state index >= 15 is 0 Å². The lowest BCUT2D eigenvalue weighted by molar-refractivity contribution is 0.0777. The Bertz CT molecular complexity index is 564. The zero-order valence-electron chi connectivity index (χ0n) is 14.9. The van der Waals surface area contributed by atoms with E-state index < -0.39 is 0 Å². The number of likely N-dealkylation sites (N-methyl/N-ethyl adjacent to an activating group) is 1. The van der Waals surface area contributed by atoms with Gasteiger partial charge in [-0.3, -0.25) is 9.78 Å². The Morgan fingerprint density at radius 3 is 2.62 bits per heavy atom. The standard InChI is InChI=1S/C18H29N3O3/c1-4-20(5-6-22)9-15-10-21(11-16(15)12-23)18(24)17-8-19-14(3)7-13(17)2/h7-8,15-16,22-23H,4-6,9-12H2,1-3H3/t15-,16-/m1/s1. The molecule has 2 heterocycles. The molecule has 6 nitrogen and oxygen atoms in total. The van der Waals surface area contributed by atoms with E-state index in [-0.39, 0.29) is 31.0 Å². The third-order valence-electron chi connectivity index (χ3n) is 4.93. The summed E-state index contributed by atoms with van der Waals surface area (Å²) in [5.74, 6) is 0.302. The maximum Gasteiger partial charge on any atom is 0.255 e. The highest BCUT2D eigenvalue weighted by atomic mass is 16.3. The first kappa shape index (κ1) is 18.8. The van der Waals surface area contributed by atoms with Crippen molar-refractivity contribution in [3.8, 4) is 0 Å². The summed E-state index contributed by atoms with van der Waals surface area (Å²) in [4.78, 5) is 21.1. The second kappa shape index (κ2) is 8.55. The molecule has 0 bridgehead atoms. The SMILES string of the molecule is CCN(CCO)C[C@@H]1CN(C(=O)c2cnc(C)cc2C)C[C@@H]1CO. The van der Waals surface area contributed by atoms with Crippen LogP contribution in [0.5, 0.6) is 0 Å². The van der Waals surface area contributed by atoms with Gasteiger partial charge in [-0.25, -0.2) is 0 Å². The van der Waals surface area contributed by atoms with Crippen molar-refractivity contribution in [3.05, 3.63) is 29.1 Å². The molecule has 1 aromatic rings. The van der Waals surface area contributed by atoms with Gasteiger partial charge in [-0.2, -0.15) is 0 Å².